The van der Waals surface area contributed by atoms with Crippen LogP contribution in [0.25, 0.3) is 0 Å². The number of nitrogens with zero attached hydrogens (tertiary/aromatic N) is 2. The van der Waals surface area contributed by atoms with Crippen molar-refractivity contribution in [3.8, 4) is 5.75 Å². The van der Waals surface area contributed by atoms with Crippen LogP contribution in [-0.2, 0) is 17.6 Å². The molecule has 1 aliphatic heterocycles. The molecule has 0 atom stereocenters. The number of ether oxygens (including phenoxy) is 1. The number of amides is 1. The summed E-state index contributed by atoms with van der Waals surface area (Å²) in [5.41, 5.74) is 2.14. The van der Waals surface area contributed by atoms with Crippen LogP contribution in [0.1, 0.15) is 11.1 Å². The van der Waals surface area contributed by atoms with Crippen LogP contribution in [0.5, 0.6) is 5.75 Å². The number of fused-ring (bicyclic) bond motifs is 1. The zero-order chi connectivity index (χ0) is 13.1. The summed E-state index contributed by atoms with van der Waals surface area (Å²) in [4.78, 5) is 19.8. The van der Waals surface area contributed by atoms with E-state index in [4.69, 9.17) is 4.74 Å². The third-order valence-corrected chi connectivity index (χ3v) is 2.94. The van der Waals surface area contributed by atoms with E-state index >= 15 is 0 Å². The van der Waals surface area contributed by atoms with Gasteiger partial charge in [-0.3, -0.25) is 10.1 Å². The number of benzene rings is 1. The summed E-state index contributed by atoms with van der Waals surface area (Å²) in [5.74, 6) is 1.14. The first-order valence-corrected chi connectivity index (χ1v) is 6.13. The second kappa shape index (κ2) is 5.06. The van der Waals surface area contributed by atoms with E-state index in [1.165, 1.54) is 5.56 Å². The van der Waals surface area contributed by atoms with E-state index < -0.39 is 0 Å². The van der Waals surface area contributed by atoms with Crippen molar-refractivity contribution in [3.63, 3.8) is 0 Å². The van der Waals surface area contributed by atoms with Crippen LogP contribution in [-0.4, -0.2) is 22.5 Å². The van der Waals surface area contributed by atoms with Crippen molar-refractivity contribution >= 4 is 11.9 Å². The predicted octanol–water partition coefficient (Wildman–Crippen LogP) is 1.59. The molecule has 0 spiro atoms. The standard InChI is InChI=1S/C14H13N3O2/c18-13(17-14-15-5-1-6-16-14)9-10-2-3-12-11(8-10)4-7-19-12/h1-3,5-6,8H,4,7,9H2,(H,15,16,17,18). The summed E-state index contributed by atoms with van der Waals surface area (Å²) in [6, 6.07) is 7.56. The molecule has 96 valence electrons. The van der Waals surface area contributed by atoms with Gasteiger partial charge in [0.15, 0.2) is 0 Å². The molecule has 1 N–H and O–H groups in total. The summed E-state index contributed by atoms with van der Waals surface area (Å²) in [7, 11) is 0. The molecule has 1 aromatic heterocycles. The Hall–Kier alpha value is -2.43. The van der Waals surface area contributed by atoms with E-state index in [-0.39, 0.29) is 5.91 Å². The van der Waals surface area contributed by atoms with Gasteiger partial charge in [-0.05, 0) is 23.3 Å². The Balaban J connectivity index is 1.66. The minimum absolute atomic E-state index is 0.120. The van der Waals surface area contributed by atoms with Crippen LogP contribution in [0, 0.1) is 0 Å². The lowest BCUT2D eigenvalue weighted by Gasteiger charge is -2.05. The highest BCUT2D eigenvalue weighted by atomic mass is 16.5. The second-order valence-corrected chi connectivity index (χ2v) is 4.34. The van der Waals surface area contributed by atoms with Gasteiger partial charge in [0.2, 0.25) is 11.9 Å². The second-order valence-electron chi connectivity index (χ2n) is 4.34. The quantitative estimate of drug-likeness (QED) is 0.904. The molecule has 19 heavy (non-hydrogen) atoms. The minimum atomic E-state index is -0.120. The maximum atomic E-state index is 11.9. The smallest absolute Gasteiger partial charge is 0.231 e. The largest absolute Gasteiger partial charge is 0.493 e. The number of rotatable bonds is 3. The Labute approximate surface area is 110 Å². The van der Waals surface area contributed by atoms with Gasteiger partial charge in [0.25, 0.3) is 0 Å². The number of hydrogen-bond donors (Lipinski definition) is 1. The molecule has 0 bridgehead atoms. The summed E-state index contributed by atoms with van der Waals surface area (Å²) in [5, 5.41) is 2.67. The van der Waals surface area contributed by atoms with E-state index in [1.54, 1.807) is 18.5 Å². The molecule has 0 saturated heterocycles. The third-order valence-electron chi connectivity index (χ3n) is 2.94. The fourth-order valence-corrected chi connectivity index (χ4v) is 2.07. The highest BCUT2D eigenvalue weighted by molar-refractivity contribution is 5.90. The Bertz CT molecular complexity index is 599. The van der Waals surface area contributed by atoms with Gasteiger partial charge < -0.3 is 4.74 Å². The van der Waals surface area contributed by atoms with Crippen molar-refractivity contribution in [2.45, 2.75) is 12.8 Å². The van der Waals surface area contributed by atoms with E-state index in [9.17, 15) is 4.79 Å². The maximum Gasteiger partial charge on any atom is 0.231 e. The number of anilines is 1. The van der Waals surface area contributed by atoms with E-state index in [0.29, 0.717) is 12.4 Å². The Morgan fingerprint density at radius 2 is 2.16 bits per heavy atom. The van der Waals surface area contributed by atoms with Gasteiger partial charge in [0.1, 0.15) is 5.75 Å². The zero-order valence-corrected chi connectivity index (χ0v) is 10.3. The molecule has 0 saturated carbocycles. The van der Waals surface area contributed by atoms with Gasteiger partial charge in [-0.2, -0.15) is 0 Å². The van der Waals surface area contributed by atoms with E-state index in [1.807, 2.05) is 18.2 Å². The van der Waals surface area contributed by atoms with Crippen molar-refractivity contribution in [1.82, 2.24) is 9.97 Å². The normalized spacial score (nSPS) is 12.6. The van der Waals surface area contributed by atoms with Crippen LogP contribution < -0.4 is 10.1 Å². The number of carbonyl (C=O) groups excluding carboxylic acids is 1. The third kappa shape index (κ3) is 2.70. The lowest BCUT2D eigenvalue weighted by atomic mass is 10.1. The van der Waals surface area contributed by atoms with Crippen LogP contribution >= 0.6 is 0 Å². The van der Waals surface area contributed by atoms with Crippen molar-refractivity contribution in [2.24, 2.45) is 0 Å². The molecule has 1 aliphatic rings. The minimum Gasteiger partial charge on any atom is -0.493 e. The Morgan fingerprint density at radius 3 is 3.00 bits per heavy atom. The first kappa shape index (κ1) is 11.6. The molecule has 3 rings (SSSR count). The van der Waals surface area contributed by atoms with Crippen LogP contribution in [0.15, 0.2) is 36.7 Å². The first-order valence-electron chi connectivity index (χ1n) is 6.13. The first-order chi connectivity index (χ1) is 9.31. The lowest BCUT2D eigenvalue weighted by Crippen LogP contribution is -2.16. The van der Waals surface area contributed by atoms with Crippen LogP contribution in [0.3, 0.4) is 0 Å². The van der Waals surface area contributed by atoms with Gasteiger partial charge in [-0.25, -0.2) is 9.97 Å². The van der Waals surface area contributed by atoms with Gasteiger partial charge in [-0.1, -0.05) is 12.1 Å². The van der Waals surface area contributed by atoms with Crippen LogP contribution in [0.4, 0.5) is 5.95 Å². The molecule has 0 fully saturated rings. The highest BCUT2D eigenvalue weighted by Gasteiger charge is 2.13. The van der Waals surface area contributed by atoms with E-state index in [0.717, 1.165) is 24.3 Å². The number of nitrogens with one attached hydrogen (secondary N) is 1. The summed E-state index contributed by atoms with van der Waals surface area (Å²) < 4.78 is 5.43. The fourth-order valence-electron chi connectivity index (χ4n) is 2.07. The molecule has 5 heteroatoms. The van der Waals surface area contributed by atoms with Crippen LogP contribution in [0.2, 0.25) is 0 Å². The SMILES string of the molecule is O=C(Cc1ccc2c(c1)CCO2)Nc1ncccn1. The number of aromatic nitrogens is 2. The average Bonchev–Trinajstić information content (AvgIpc) is 2.87. The van der Waals surface area contributed by atoms with E-state index in [2.05, 4.69) is 15.3 Å². The molecule has 2 aromatic rings. The topological polar surface area (TPSA) is 64.1 Å². The van der Waals surface area contributed by atoms with Gasteiger partial charge in [0.05, 0.1) is 13.0 Å². The molecule has 1 amide bonds. The predicted molar refractivity (Wildman–Crippen MR) is 70.0 cm³/mol. The van der Waals surface area contributed by atoms with Gasteiger partial charge >= 0.3 is 0 Å². The highest BCUT2D eigenvalue weighted by Crippen LogP contribution is 2.26. The molecule has 0 aliphatic carbocycles. The maximum absolute atomic E-state index is 11.9. The molecule has 0 radical (unpaired) electrons. The monoisotopic (exact) mass is 255 g/mol. The van der Waals surface area contributed by atoms with Gasteiger partial charge in [0, 0.05) is 18.8 Å². The van der Waals surface area contributed by atoms with Gasteiger partial charge in [-0.15, -0.1) is 0 Å². The molecule has 1 aromatic carbocycles. The molecule has 5 nitrogen and oxygen atoms in total. The lowest BCUT2D eigenvalue weighted by molar-refractivity contribution is -0.115. The van der Waals surface area contributed by atoms with Crippen molar-refractivity contribution in [2.75, 3.05) is 11.9 Å². The molecular weight excluding hydrogens is 242 g/mol. The van der Waals surface area contributed by atoms with Crippen molar-refractivity contribution < 1.29 is 9.53 Å². The summed E-state index contributed by atoms with van der Waals surface area (Å²) in [6.07, 6.45) is 4.41. The zero-order valence-electron chi connectivity index (χ0n) is 10.3. The van der Waals surface area contributed by atoms with Crippen molar-refractivity contribution in [3.05, 3.63) is 47.8 Å². The molecule has 2 heterocycles. The molecule has 0 unspecified atom stereocenters. The number of hydrogen-bond acceptors (Lipinski definition) is 4. The summed E-state index contributed by atoms with van der Waals surface area (Å²) in [6.45, 7) is 0.725. The average molecular weight is 255 g/mol. The molecular formula is C14H13N3O2. The summed E-state index contributed by atoms with van der Waals surface area (Å²) >= 11 is 0. The Morgan fingerprint density at radius 1 is 1.32 bits per heavy atom. The fraction of sp³-hybridized carbons (Fsp3) is 0.214. The Kier molecular flexibility index (Phi) is 3.10. The number of carbonyl (C=O) groups is 1. The van der Waals surface area contributed by atoms with Crippen molar-refractivity contribution in [1.29, 1.82) is 0 Å².